The van der Waals surface area contributed by atoms with Crippen LogP contribution in [0.4, 0.5) is 19.0 Å². The fourth-order valence-electron chi connectivity index (χ4n) is 1.09. The number of carbonyl (C=O) groups is 1. The van der Waals surface area contributed by atoms with E-state index in [2.05, 4.69) is 20.6 Å². The number of anilines is 1. The molecule has 19 heavy (non-hydrogen) atoms. The lowest BCUT2D eigenvalue weighted by atomic mass is 10.5. The summed E-state index contributed by atoms with van der Waals surface area (Å²) in [6, 6.07) is 0. The smallest absolute Gasteiger partial charge is 0.367 e. The van der Waals surface area contributed by atoms with Gasteiger partial charge in [0, 0.05) is 26.2 Å². The molecule has 0 fully saturated rings. The zero-order valence-electron chi connectivity index (χ0n) is 9.71. The molecule has 2 N–H and O–H groups in total. The zero-order valence-corrected chi connectivity index (χ0v) is 11.3. The van der Waals surface area contributed by atoms with Gasteiger partial charge in [0.2, 0.25) is 11.2 Å². The fourth-order valence-corrected chi connectivity index (χ4v) is 1.80. The van der Waals surface area contributed by atoms with Crippen LogP contribution in [0.5, 0.6) is 0 Å². The molecule has 0 spiro atoms. The molecule has 0 radical (unpaired) electrons. The van der Waals surface area contributed by atoms with Crippen molar-refractivity contribution in [2.45, 2.75) is 17.3 Å². The Morgan fingerprint density at radius 1 is 1.47 bits per heavy atom. The molecule has 0 atom stereocenters. The van der Waals surface area contributed by atoms with Gasteiger partial charge >= 0.3 is 5.51 Å². The Bertz CT molecular complexity index is 458. The summed E-state index contributed by atoms with van der Waals surface area (Å²) in [5, 5.41) is 4.99. The minimum Gasteiger partial charge on any atom is -0.367 e. The lowest BCUT2D eigenvalue weighted by Crippen LogP contribution is -2.26. The number of thioether (sulfide) groups is 1. The second-order valence-corrected chi connectivity index (χ2v) is 4.75. The van der Waals surface area contributed by atoms with Crippen LogP contribution in [0.1, 0.15) is 6.92 Å². The van der Waals surface area contributed by atoms with Crippen LogP contribution >= 0.6 is 23.4 Å². The summed E-state index contributed by atoms with van der Waals surface area (Å²) < 4.78 is 36.9. The normalized spacial score (nSPS) is 11.2. The summed E-state index contributed by atoms with van der Waals surface area (Å²) in [5.74, 6) is -0.250. The first-order chi connectivity index (χ1) is 8.78. The minimum atomic E-state index is -4.44. The van der Waals surface area contributed by atoms with E-state index in [1.165, 1.54) is 6.92 Å². The van der Waals surface area contributed by atoms with Crippen molar-refractivity contribution in [3.05, 3.63) is 11.5 Å². The summed E-state index contributed by atoms with van der Waals surface area (Å²) in [5.41, 5.74) is -4.44. The summed E-state index contributed by atoms with van der Waals surface area (Å²) >= 11 is 5.20. The van der Waals surface area contributed by atoms with E-state index >= 15 is 0 Å². The predicted molar refractivity (Wildman–Crippen MR) is 66.1 cm³/mol. The molecule has 0 aromatic carbocycles. The molecule has 10 heteroatoms. The van der Waals surface area contributed by atoms with Crippen LogP contribution in [0.15, 0.2) is 11.1 Å². The third-order valence-electron chi connectivity index (χ3n) is 1.74. The summed E-state index contributed by atoms with van der Waals surface area (Å²) in [7, 11) is 0. The van der Waals surface area contributed by atoms with Gasteiger partial charge in [0.05, 0.1) is 4.90 Å². The van der Waals surface area contributed by atoms with E-state index in [-0.39, 0.29) is 46.8 Å². The molecule has 1 rings (SSSR count). The van der Waals surface area contributed by atoms with E-state index in [4.69, 9.17) is 11.6 Å². The molecule has 0 bridgehead atoms. The van der Waals surface area contributed by atoms with Gasteiger partial charge in [-0.05, 0) is 23.4 Å². The van der Waals surface area contributed by atoms with E-state index in [1.807, 2.05) is 0 Å². The maximum atomic E-state index is 12.3. The molecule has 0 aliphatic heterocycles. The van der Waals surface area contributed by atoms with Crippen molar-refractivity contribution in [1.29, 1.82) is 0 Å². The van der Waals surface area contributed by atoms with Crippen LogP contribution < -0.4 is 10.6 Å². The summed E-state index contributed by atoms with van der Waals surface area (Å²) in [6.07, 6.45) is 0.994. The SMILES string of the molecule is CC(=O)NCCNc1nc(Cl)ncc1SC(F)(F)F. The summed E-state index contributed by atoms with van der Waals surface area (Å²) in [4.78, 5) is 17.6. The van der Waals surface area contributed by atoms with E-state index < -0.39 is 5.51 Å². The van der Waals surface area contributed by atoms with E-state index in [0.29, 0.717) is 0 Å². The number of carbonyl (C=O) groups excluding carboxylic acids is 1. The van der Waals surface area contributed by atoms with Gasteiger partial charge in [-0.1, -0.05) is 0 Å². The van der Waals surface area contributed by atoms with Crippen LogP contribution in [-0.2, 0) is 4.79 Å². The Morgan fingerprint density at radius 3 is 2.74 bits per heavy atom. The van der Waals surface area contributed by atoms with E-state index in [9.17, 15) is 18.0 Å². The van der Waals surface area contributed by atoms with Gasteiger partial charge in [-0.2, -0.15) is 18.2 Å². The van der Waals surface area contributed by atoms with Crippen molar-refractivity contribution in [1.82, 2.24) is 15.3 Å². The lowest BCUT2D eigenvalue weighted by Gasteiger charge is -2.11. The average Bonchev–Trinajstić information content (AvgIpc) is 2.26. The topological polar surface area (TPSA) is 66.9 Å². The first-order valence-corrected chi connectivity index (χ1v) is 6.24. The molecular weight excluding hydrogens is 305 g/mol. The fraction of sp³-hybridized carbons (Fsp3) is 0.444. The van der Waals surface area contributed by atoms with Crippen LogP contribution in [0, 0.1) is 0 Å². The monoisotopic (exact) mass is 314 g/mol. The third kappa shape index (κ3) is 6.48. The maximum Gasteiger partial charge on any atom is 0.446 e. The number of rotatable bonds is 5. The predicted octanol–water partition coefficient (Wildman–Crippen LogP) is 2.29. The van der Waals surface area contributed by atoms with Crippen molar-refractivity contribution in [2.75, 3.05) is 18.4 Å². The maximum absolute atomic E-state index is 12.3. The molecule has 106 valence electrons. The Kier molecular flexibility index (Phi) is 5.67. The van der Waals surface area contributed by atoms with Crippen molar-refractivity contribution < 1.29 is 18.0 Å². The van der Waals surface area contributed by atoms with Gasteiger partial charge in [-0.3, -0.25) is 4.79 Å². The van der Waals surface area contributed by atoms with Crippen molar-refractivity contribution in [3.63, 3.8) is 0 Å². The molecule has 1 heterocycles. The van der Waals surface area contributed by atoms with Gasteiger partial charge in [0.25, 0.3) is 0 Å². The van der Waals surface area contributed by atoms with Gasteiger partial charge in [-0.15, -0.1) is 0 Å². The highest BCUT2D eigenvalue weighted by Crippen LogP contribution is 2.39. The number of halogens is 4. The number of nitrogens with zero attached hydrogens (tertiary/aromatic N) is 2. The first kappa shape index (κ1) is 15.8. The minimum absolute atomic E-state index is 0.0207. The van der Waals surface area contributed by atoms with E-state index in [1.54, 1.807) is 0 Å². The van der Waals surface area contributed by atoms with Crippen LogP contribution in [-0.4, -0.2) is 34.5 Å². The number of hydrogen-bond acceptors (Lipinski definition) is 5. The molecule has 0 aliphatic rings. The number of aromatic nitrogens is 2. The first-order valence-electron chi connectivity index (χ1n) is 5.04. The molecule has 1 aromatic heterocycles. The third-order valence-corrected chi connectivity index (χ3v) is 2.68. The molecule has 1 amide bonds. The molecule has 1 aromatic rings. The number of nitrogens with one attached hydrogen (secondary N) is 2. The summed E-state index contributed by atoms with van der Waals surface area (Å²) in [6.45, 7) is 1.82. The quantitative estimate of drug-likeness (QED) is 0.496. The van der Waals surface area contributed by atoms with Gasteiger partial charge in [0.15, 0.2) is 0 Å². The number of alkyl halides is 3. The second kappa shape index (κ2) is 6.80. The molecule has 0 aliphatic carbocycles. The molecular formula is C9H10ClF3N4OS. The van der Waals surface area contributed by atoms with Crippen LogP contribution in [0.3, 0.4) is 0 Å². The van der Waals surface area contributed by atoms with Crippen molar-refractivity contribution in [2.24, 2.45) is 0 Å². The van der Waals surface area contributed by atoms with Crippen LogP contribution in [0.25, 0.3) is 0 Å². The number of hydrogen-bond donors (Lipinski definition) is 2. The zero-order chi connectivity index (χ0) is 14.5. The Hall–Kier alpha value is -1.22. The lowest BCUT2D eigenvalue weighted by molar-refractivity contribution is -0.118. The highest BCUT2D eigenvalue weighted by molar-refractivity contribution is 8.00. The standard InChI is InChI=1S/C9H10ClF3N4OS/c1-5(18)14-2-3-15-7-6(19-9(11,12)13)4-16-8(10)17-7/h4H,2-3H2,1H3,(H,14,18)(H,15,16,17). The average molecular weight is 315 g/mol. The highest BCUT2D eigenvalue weighted by atomic mass is 35.5. The molecule has 5 nitrogen and oxygen atoms in total. The molecule has 0 unspecified atom stereocenters. The Labute approximate surface area is 116 Å². The Morgan fingerprint density at radius 2 is 2.16 bits per heavy atom. The Balaban J connectivity index is 2.69. The van der Waals surface area contributed by atoms with Gasteiger partial charge in [-0.25, -0.2) is 4.98 Å². The van der Waals surface area contributed by atoms with Crippen LogP contribution in [0.2, 0.25) is 5.28 Å². The molecule has 0 saturated heterocycles. The van der Waals surface area contributed by atoms with E-state index in [0.717, 1.165) is 6.20 Å². The second-order valence-electron chi connectivity index (χ2n) is 3.31. The van der Waals surface area contributed by atoms with Gasteiger partial charge < -0.3 is 10.6 Å². The van der Waals surface area contributed by atoms with Crippen molar-refractivity contribution >= 4 is 35.1 Å². The van der Waals surface area contributed by atoms with Crippen molar-refractivity contribution in [3.8, 4) is 0 Å². The molecule has 0 saturated carbocycles. The van der Waals surface area contributed by atoms with Gasteiger partial charge in [0.1, 0.15) is 5.82 Å². The number of amides is 1. The highest BCUT2D eigenvalue weighted by Gasteiger charge is 2.31. The largest absolute Gasteiger partial charge is 0.446 e.